The average molecular weight is 319 g/mol. The fourth-order valence-electron chi connectivity index (χ4n) is 2.03. The minimum absolute atomic E-state index is 0.114. The fraction of sp³-hybridized carbons (Fsp3) is 0.375. The third kappa shape index (κ3) is 4.79. The molecule has 0 bridgehead atoms. The van der Waals surface area contributed by atoms with E-state index in [-0.39, 0.29) is 31.0 Å². The Bertz CT molecular complexity index is 668. The number of nitrogens with zero attached hydrogens (tertiary/aromatic N) is 2. The normalized spacial score (nSPS) is 10.8. The van der Waals surface area contributed by atoms with E-state index in [4.69, 9.17) is 5.73 Å². The van der Waals surface area contributed by atoms with Crippen LogP contribution in [-0.4, -0.2) is 15.8 Å². The van der Waals surface area contributed by atoms with Crippen molar-refractivity contribution in [2.75, 3.05) is 0 Å². The number of aromatic nitrogens is 2. The second-order valence-electron chi connectivity index (χ2n) is 5.55. The maximum atomic E-state index is 13.8. The SMILES string of the molecule is CC(C)n1ccc(CNC(=O)NCc2ccc(CN)cc2F)n1. The number of hydrogen-bond acceptors (Lipinski definition) is 3. The van der Waals surface area contributed by atoms with Crippen LogP contribution in [0.25, 0.3) is 0 Å². The zero-order valence-electron chi connectivity index (χ0n) is 13.3. The van der Waals surface area contributed by atoms with Gasteiger partial charge in [-0.05, 0) is 31.5 Å². The monoisotopic (exact) mass is 319 g/mol. The molecule has 0 spiro atoms. The summed E-state index contributed by atoms with van der Waals surface area (Å²) in [5.41, 5.74) is 7.36. The number of carbonyl (C=O) groups is 1. The number of halogens is 1. The summed E-state index contributed by atoms with van der Waals surface area (Å²) in [6.07, 6.45) is 1.87. The number of nitrogens with two attached hydrogens (primary N) is 1. The predicted molar refractivity (Wildman–Crippen MR) is 86.0 cm³/mol. The van der Waals surface area contributed by atoms with Gasteiger partial charge in [0, 0.05) is 30.9 Å². The number of benzene rings is 1. The Balaban J connectivity index is 1.80. The van der Waals surface area contributed by atoms with Crippen molar-refractivity contribution in [2.24, 2.45) is 5.73 Å². The Hall–Kier alpha value is -2.41. The molecule has 1 aromatic carbocycles. The molecule has 0 radical (unpaired) electrons. The molecule has 0 aliphatic carbocycles. The molecule has 7 heteroatoms. The molecule has 0 atom stereocenters. The van der Waals surface area contributed by atoms with Gasteiger partial charge in [-0.15, -0.1) is 0 Å². The molecule has 23 heavy (non-hydrogen) atoms. The number of hydrogen-bond donors (Lipinski definition) is 3. The molecule has 1 aromatic heterocycles. The Morgan fingerprint density at radius 2 is 2.04 bits per heavy atom. The van der Waals surface area contributed by atoms with E-state index in [1.165, 1.54) is 6.07 Å². The van der Waals surface area contributed by atoms with E-state index in [9.17, 15) is 9.18 Å². The Kier molecular flexibility index (Phi) is 5.70. The highest BCUT2D eigenvalue weighted by atomic mass is 19.1. The molecule has 0 unspecified atom stereocenters. The molecule has 4 N–H and O–H groups in total. The molecule has 124 valence electrons. The highest BCUT2D eigenvalue weighted by Crippen LogP contribution is 2.10. The van der Waals surface area contributed by atoms with Gasteiger partial charge in [-0.25, -0.2) is 9.18 Å². The second-order valence-corrected chi connectivity index (χ2v) is 5.55. The highest BCUT2D eigenvalue weighted by molar-refractivity contribution is 5.73. The van der Waals surface area contributed by atoms with Crippen LogP contribution in [0.5, 0.6) is 0 Å². The van der Waals surface area contributed by atoms with Gasteiger partial charge in [0.25, 0.3) is 0 Å². The fourth-order valence-corrected chi connectivity index (χ4v) is 2.03. The van der Waals surface area contributed by atoms with Gasteiger partial charge in [-0.3, -0.25) is 4.68 Å². The first-order valence-electron chi connectivity index (χ1n) is 7.52. The molecule has 2 aromatic rings. The summed E-state index contributed by atoms with van der Waals surface area (Å²) in [5, 5.41) is 9.65. The molecule has 0 fully saturated rings. The van der Waals surface area contributed by atoms with E-state index in [1.54, 1.807) is 12.1 Å². The van der Waals surface area contributed by atoms with Crippen molar-refractivity contribution >= 4 is 6.03 Å². The van der Waals surface area contributed by atoms with Gasteiger partial charge in [0.2, 0.25) is 0 Å². The third-order valence-corrected chi connectivity index (χ3v) is 3.42. The highest BCUT2D eigenvalue weighted by Gasteiger charge is 2.07. The molecule has 0 aliphatic rings. The maximum Gasteiger partial charge on any atom is 0.315 e. The summed E-state index contributed by atoms with van der Waals surface area (Å²) in [5.74, 6) is -0.371. The molecule has 0 saturated carbocycles. The second kappa shape index (κ2) is 7.73. The molecule has 1 heterocycles. The summed E-state index contributed by atoms with van der Waals surface area (Å²) < 4.78 is 15.6. The summed E-state index contributed by atoms with van der Waals surface area (Å²) in [7, 11) is 0. The van der Waals surface area contributed by atoms with Gasteiger partial charge in [0.15, 0.2) is 0 Å². The Labute approximate surface area is 134 Å². The van der Waals surface area contributed by atoms with Gasteiger partial charge < -0.3 is 16.4 Å². The van der Waals surface area contributed by atoms with E-state index in [0.29, 0.717) is 12.1 Å². The average Bonchev–Trinajstić information content (AvgIpc) is 3.01. The molecule has 0 saturated heterocycles. The minimum atomic E-state index is -0.371. The van der Waals surface area contributed by atoms with Gasteiger partial charge in [0.1, 0.15) is 5.82 Å². The first-order chi connectivity index (χ1) is 11.0. The van der Waals surface area contributed by atoms with E-state index < -0.39 is 0 Å². The standard InChI is InChI=1S/C16H22FN5O/c1-11(2)22-6-5-14(21-22)10-20-16(23)19-9-13-4-3-12(8-18)7-15(13)17/h3-7,11H,8-10,18H2,1-2H3,(H2,19,20,23). The smallest absolute Gasteiger partial charge is 0.315 e. The zero-order valence-corrected chi connectivity index (χ0v) is 13.3. The quantitative estimate of drug-likeness (QED) is 0.762. The van der Waals surface area contributed by atoms with Crippen LogP contribution in [-0.2, 0) is 19.6 Å². The van der Waals surface area contributed by atoms with Crippen LogP contribution in [0.3, 0.4) is 0 Å². The third-order valence-electron chi connectivity index (χ3n) is 3.42. The largest absolute Gasteiger partial charge is 0.334 e. The van der Waals surface area contributed by atoms with Crippen LogP contribution < -0.4 is 16.4 Å². The summed E-state index contributed by atoms with van der Waals surface area (Å²) >= 11 is 0. The molecule has 6 nitrogen and oxygen atoms in total. The van der Waals surface area contributed by atoms with Crippen molar-refractivity contribution in [3.8, 4) is 0 Å². The van der Waals surface area contributed by atoms with Crippen molar-refractivity contribution in [2.45, 2.75) is 39.5 Å². The van der Waals surface area contributed by atoms with Crippen LogP contribution in [0, 0.1) is 5.82 Å². The first-order valence-corrected chi connectivity index (χ1v) is 7.52. The minimum Gasteiger partial charge on any atom is -0.334 e. The maximum absolute atomic E-state index is 13.8. The van der Waals surface area contributed by atoms with Crippen LogP contribution in [0.4, 0.5) is 9.18 Å². The molecule has 2 amide bonds. The lowest BCUT2D eigenvalue weighted by atomic mass is 10.1. The zero-order chi connectivity index (χ0) is 16.8. The van der Waals surface area contributed by atoms with E-state index >= 15 is 0 Å². The van der Waals surface area contributed by atoms with Crippen LogP contribution in [0.15, 0.2) is 30.5 Å². The summed E-state index contributed by atoms with van der Waals surface area (Å²) in [6.45, 7) is 4.78. The van der Waals surface area contributed by atoms with Gasteiger partial charge in [-0.2, -0.15) is 5.10 Å². The molecular formula is C16H22FN5O. The first kappa shape index (κ1) is 17.0. The van der Waals surface area contributed by atoms with Crippen LogP contribution >= 0.6 is 0 Å². The summed E-state index contributed by atoms with van der Waals surface area (Å²) in [4.78, 5) is 11.8. The Morgan fingerprint density at radius 1 is 1.30 bits per heavy atom. The number of carbonyl (C=O) groups excluding carboxylic acids is 1. The number of nitrogens with one attached hydrogen (secondary N) is 2. The van der Waals surface area contributed by atoms with E-state index in [0.717, 1.165) is 11.3 Å². The number of urea groups is 1. The van der Waals surface area contributed by atoms with Crippen LogP contribution in [0.2, 0.25) is 0 Å². The molecule has 2 rings (SSSR count). The molecular weight excluding hydrogens is 297 g/mol. The van der Waals surface area contributed by atoms with Gasteiger partial charge >= 0.3 is 6.03 Å². The van der Waals surface area contributed by atoms with Crippen molar-refractivity contribution in [1.29, 1.82) is 0 Å². The predicted octanol–water partition coefficient (Wildman–Crippen LogP) is 2.06. The van der Waals surface area contributed by atoms with Crippen molar-refractivity contribution < 1.29 is 9.18 Å². The number of amides is 2. The number of rotatable bonds is 6. The van der Waals surface area contributed by atoms with Crippen LogP contribution in [0.1, 0.15) is 36.7 Å². The lowest BCUT2D eigenvalue weighted by molar-refractivity contribution is 0.240. The summed E-state index contributed by atoms with van der Waals surface area (Å²) in [6, 6.07) is 6.51. The van der Waals surface area contributed by atoms with Crippen molar-refractivity contribution in [1.82, 2.24) is 20.4 Å². The van der Waals surface area contributed by atoms with E-state index in [1.807, 2.05) is 30.8 Å². The lowest BCUT2D eigenvalue weighted by Gasteiger charge is -2.08. The van der Waals surface area contributed by atoms with Crippen molar-refractivity contribution in [3.05, 3.63) is 53.1 Å². The molecule has 0 aliphatic heterocycles. The van der Waals surface area contributed by atoms with E-state index in [2.05, 4.69) is 15.7 Å². The lowest BCUT2D eigenvalue weighted by Crippen LogP contribution is -2.34. The van der Waals surface area contributed by atoms with Gasteiger partial charge in [0.05, 0.1) is 12.2 Å². The van der Waals surface area contributed by atoms with Gasteiger partial charge in [-0.1, -0.05) is 12.1 Å². The Morgan fingerprint density at radius 3 is 2.65 bits per heavy atom. The van der Waals surface area contributed by atoms with Crippen molar-refractivity contribution in [3.63, 3.8) is 0 Å². The topological polar surface area (TPSA) is 85.0 Å².